The first-order valence-corrected chi connectivity index (χ1v) is 8.18. The molecule has 156 valence electrons. The van der Waals surface area contributed by atoms with Crippen molar-refractivity contribution in [3.63, 3.8) is 0 Å². The number of nitro groups is 1. The second-order valence-electron chi connectivity index (χ2n) is 5.66. The maximum Gasteiger partial charge on any atom is 0.354 e. The van der Waals surface area contributed by atoms with Gasteiger partial charge in [-0.15, -0.1) is 0 Å². The molecule has 11 nitrogen and oxygen atoms in total. The van der Waals surface area contributed by atoms with Gasteiger partial charge in [0.25, 0.3) is 0 Å². The normalized spacial score (nSPS) is 10.4. The predicted octanol–water partition coefficient (Wildman–Crippen LogP) is 2.05. The average Bonchev–Trinajstić information content (AvgIpc) is 2.71. The molecule has 11 heteroatoms. The second-order valence-corrected chi connectivity index (χ2v) is 5.66. The van der Waals surface area contributed by atoms with E-state index in [1.165, 1.54) is 40.4 Å². The third-order valence-corrected chi connectivity index (χ3v) is 4.10. The highest BCUT2D eigenvalue weighted by atomic mass is 16.7. The van der Waals surface area contributed by atoms with Crippen molar-refractivity contribution in [2.45, 2.75) is 6.92 Å². The van der Waals surface area contributed by atoms with Gasteiger partial charge in [-0.05, 0) is 24.6 Å². The van der Waals surface area contributed by atoms with E-state index in [0.29, 0.717) is 5.75 Å². The Bertz CT molecular complexity index is 998. The van der Waals surface area contributed by atoms with Gasteiger partial charge in [0.2, 0.25) is 5.75 Å². The second kappa shape index (κ2) is 9.06. The molecule has 2 aromatic rings. The number of nitrogens with zero attached hydrogens (tertiary/aromatic N) is 1. The number of aromatic nitrogens is 1. The van der Waals surface area contributed by atoms with Crippen LogP contribution < -0.4 is 19.8 Å². The number of carbonyl (C=O) groups is 1. The Kier molecular flexibility index (Phi) is 6.78. The van der Waals surface area contributed by atoms with Crippen LogP contribution in [-0.2, 0) is 9.47 Å². The van der Waals surface area contributed by atoms with Crippen LogP contribution in [0.1, 0.15) is 16.1 Å². The summed E-state index contributed by atoms with van der Waals surface area (Å²) in [5.74, 6) is -0.381. The van der Waals surface area contributed by atoms with Crippen molar-refractivity contribution >= 4 is 11.7 Å². The standard InChI is InChI=1S/C18H20N2O9/c1-9-12(14(20(23)24)17(21)19-13(9)18(22)28-5)10-6-7-11(26-3)16(27-4)15(10)29-8-25-2/h6-7H,8H2,1-5H3,(H,19,21). The Hall–Kier alpha value is -3.60. The number of carbonyl (C=O) groups excluding carboxylic acids is 1. The Morgan fingerprint density at radius 1 is 1.14 bits per heavy atom. The van der Waals surface area contributed by atoms with E-state index in [2.05, 4.69) is 9.72 Å². The van der Waals surface area contributed by atoms with E-state index < -0.39 is 22.1 Å². The van der Waals surface area contributed by atoms with Crippen molar-refractivity contribution < 1.29 is 33.4 Å². The van der Waals surface area contributed by atoms with Gasteiger partial charge >= 0.3 is 17.2 Å². The molecular formula is C18H20N2O9. The zero-order valence-corrected chi connectivity index (χ0v) is 16.5. The predicted molar refractivity (Wildman–Crippen MR) is 101 cm³/mol. The van der Waals surface area contributed by atoms with Crippen molar-refractivity contribution in [3.8, 4) is 28.4 Å². The van der Waals surface area contributed by atoms with Gasteiger partial charge in [0.05, 0.1) is 31.8 Å². The summed E-state index contributed by atoms with van der Waals surface area (Å²) in [5.41, 5.74) is -1.90. The fraction of sp³-hybridized carbons (Fsp3) is 0.333. The molecule has 0 atom stereocenters. The fourth-order valence-electron chi connectivity index (χ4n) is 2.85. The van der Waals surface area contributed by atoms with Crippen molar-refractivity contribution in [1.29, 1.82) is 0 Å². The van der Waals surface area contributed by atoms with Gasteiger partial charge in [-0.1, -0.05) is 0 Å². The van der Waals surface area contributed by atoms with E-state index in [4.69, 9.17) is 18.9 Å². The lowest BCUT2D eigenvalue weighted by molar-refractivity contribution is -0.385. The van der Waals surface area contributed by atoms with Crippen LogP contribution in [-0.4, -0.2) is 51.1 Å². The van der Waals surface area contributed by atoms with Crippen molar-refractivity contribution in [2.75, 3.05) is 35.2 Å². The number of hydrogen-bond donors (Lipinski definition) is 1. The molecule has 0 saturated heterocycles. The van der Waals surface area contributed by atoms with Gasteiger partial charge in [-0.25, -0.2) is 4.79 Å². The highest BCUT2D eigenvalue weighted by molar-refractivity contribution is 5.94. The van der Waals surface area contributed by atoms with Crippen LogP contribution in [0.4, 0.5) is 5.69 Å². The minimum absolute atomic E-state index is 0.0429. The summed E-state index contributed by atoms with van der Waals surface area (Å²) in [6.45, 7) is 1.23. The number of aromatic amines is 1. The Balaban J connectivity index is 2.99. The molecule has 0 radical (unpaired) electrons. The number of hydrogen-bond acceptors (Lipinski definition) is 9. The van der Waals surface area contributed by atoms with Crippen LogP contribution in [0.15, 0.2) is 16.9 Å². The van der Waals surface area contributed by atoms with Crippen LogP contribution in [0.25, 0.3) is 11.1 Å². The zero-order valence-electron chi connectivity index (χ0n) is 16.5. The largest absolute Gasteiger partial charge is 0.493 e. The topological polar surface area (TPSA) is 139 Å². The lowest BCUT2D eigenvalue weighted by Crippen LogP contribution is -2.20. The van der Waals surface area contributed by atoms with Gasteiger partial charge in [0.15, 0.2) is 18.3 Å². The molecule has 2 rings (SSSR count). The van der Waals surface area contributed by atoms with Crippen LogP contribution in [0.3, 0.4) is 0 Å². The lowest BCUT2D eigenvalue weighted by Gasteiger charge is -2.18. The van der Waals surface area contributed by atoms with Crippen molar-refractivity contribution in [1.82, 2.24) is 4.98 Å². The summed E-state index contributed by atoms with van der Waals surface area (Å²) in [4.78, 5) is 37.5. The Labute approximate surface area is 165 Å². The number of ether oxygens (including phenoxy) is 5. The van der Waals surface area contributed by atoms with Gasteiger partial charge in [0, 0.05) is 12.7 Å². The van der Waals surface area contributed by atoms with E-state index in [1.807, 2.05) is 0 Å². The molecule has 0 aliphatic rings. The summed E-state index contributed by atoms with van der Waals surface area (Å²) in [6, 6.07) is 2.96. The molecule has 0 bridgehead atoms. The van der Waals surface area contributed by atoms with E-state index in [0.717, 1.165) is 7.11 Å². The lowest BCUT2D eigenvalue weighted by atomic mass is 9.96. The molecule has 1 N–H and O–H groups in total. The smallest absolute Gasteiger partial charge is 0.354 e. The third kappa shape index (κ3) is 3.99. The highest BCUT2D eigenvalue weighted by Gasteiger charge is 2.31. The van der Waals surface area contributed by atoms with Gasteiger partial charge in [-0.3, -0.25) is 14.9 Å². The summed E-state index contributed by atoms with van der Waals surface area (Å²) >= 11 is 0. The van der Waals surface area contributed by atoms with Crippen molar-refractivity contribution in [3.05, 3.63) is 43.9 Å². The quantitative estimate of drug-likeness (QED) is 0.301. The molecule has 0 saturated carbocycles. The molecule has 1 heterocycles. The minimum Gasteiger partial charge on any atom is -0.493 e. The summed E-state index contributed by atoms with van der Waals surface area (Å²) in [6.07, 6.45) is 0. The van der Waals surface area contributed by atoms with Crippen LogP contribution in [0, 0.1) is 17.0 Å². The Morgan fingerprint density at radius 3 is 2.34 bits per heavy atom. The molecule has 1 aromatic carbocycles. The van der Waals surface area contributed by atoms with Crippen LogP contribution in [0.2, 0.25) is 0 Å². The number of pyridine rings is 1. The van der Waals surface area contributed by atoms with Gasteiger partial charge in [-0.2, -0.15) is 0 Å². The first-order chi connectivity index (χ1) is 13.8. The molecule has 0 amide bonds. The number of nitrogens with one attached hydrogen (secondary N) is 1. The molecular weight excluding hydrogens is 388 g/mol. The maximum atomic E-state index is 12.4. The van der Waals surface area contributed by atoms with Gasteiger partial charge < -0.3 is 28.7 Å². The molecule has 0 aliphatic carbocycles. The SMILES string of the molecule is COCOc1c(-c2c(C)c(C(=O)OC)[nH]c(=O)c2[N+](=O)[O-])ccc(OC)c1OC. The Morgan fingerprint density at radius 2 is 1.83 bits per heavy atom. The number of H-pyrrole nitrogens is 1. The van der Waals surface area contributed by atoms with Crippen molar-refractivity contribution in [2.24, 2.45) is 0 Å². The molecule has 29 heavy (non-hydrogen) atoms. The zero-order chi connectivity index (χ0) is 21.7. The molecule has 1 aromatic heterocycles. The van der Waals surface area contributed by atoms with E-state index in [1.54, 1.807) is 0 Å². The molecule has 0 fully saturated rings. The third-order valence-electron chi connectivity index (χ3n) is 4.10. The highest BCUT2D eigenvalue weighted by Crippen LogP contribution is 2.47. The molecule has 0 aliphatic heterocycles. The minimum atomic E-state index is -1.07. The van der Waals surface area contributed by atoms with Crippen LogP contribution >= 0.6 is 0 Å². The number of methoxy groups -OCH3 is 4. The fourth-order valence-corrected chi connectivity index (χ4v) is 2.85. The van der Waals surface area contributed by atoms with E-state index in [-0.39, 0.29) is 40.7 Å². The summed E-state index contributed by atoms with van der Waals surface area (Å²) in [5, 5.41) is 11.7. The summed E-state index contributed by atoms with van der Waals surface area (Å²) in [7, 11) is 5.29. The monoisotopic (exact) mass is 408 g/mol. The number of esters is 1. The summed E-state index contributed by atoms with van der Waals surface area (Å²) < 4.78 is 25.8. The van der Waals surface area contributed by atoms with E-state index in [9.17, 15) is 19.7 Å². The first-order valence-electron chi connectivity index (χ1n) is 8.18. The van der Waals surface area contributed by atoms with Gasteiger partial charge in [0.1, 0.15) is 5.69 Å². The van der Waals surface area contributed by atoms with Crippen LogP contribution in [0.5, 0.6) is 17.2 Å². The van der Waals surface area contributed by atoms with E-state index >= 15 is 0 Å². The maximum absolute atomic E-state index is 12.4. The number of benzene rings is 1. The number of rotatable bonds is 8. The molecule has 0 spiro atoms. The first kappa shape index (κ1) is 21.7. The average molecular weight is 408 g/mol. The molecule has 0 unspecified atom stereocenters.